The van der Waals surface area contributed by atoms with Crippen LogP contribution in [0.25, 0.3) is 0 Å². The lowest BCUT2D eigenvalue weighted by Crippen LogP contribution is -2.11. The van der Waals surface area contributed by atoms with Crippen LogP contribution in [0.3, 0.4) is 0 Å². The third-order valence-electron chi connectivity index (χ3n) is 2.86. The van der Waals surface area contributed by atoms with Crippen LogP contribution in [0.5, 0.6) is 5.75 Å². The molecule has 1 heterocycles. The van der Waals surface area contributed by atoms with Gasteiger partial charge in [0.2, 0.25) is 0 Å². The number of benzene rings is 1. The van der Waals surface area contributed by atoms with Gasteiger partial charge in [0.05, 0.1) is 12.2 Å². The number of hydrogen-bond donors (Lipinski definition) is 1. The number of nitrogen functional groups attached to an aromatic ring is 1. The Labute approximate surface area is 115 Å². The first kappa shape index (κ1) is 14.2. The van der Waals surface area contributed by atoms with E-state index in [1.807, 2.05) is 13.8 Å². The minimum atomic E-state index is -2.86. The van der Waals surface area contributed by atoms with Gasteiger partial charge >= 0.3 is 6.61 Å². The Bertz CT molecular complexity index is 584. The molecule has 0 amide bonds. The quantitative estimate of drug-likeness (QED) is 0.915. The van der Waals surface area contributed by atoms with Gasteiger partial charge < -0.3 is 10.5 Å². The van der Waals surface area contributed by atoms with Gasteiger partial charge in [-0.1, -0.05) is 37.3 Å². The second-order valence-corrected chi connectivity index (χ2v) is 4.66. The smallest absolute Gasteiger partial charge is 0.387 e. The number of halogens is 2. The average Bonchev–Trinajstić information content (AvgIpc) is 2.72. The lowest BCUT2D eigenvalue weighted by atomic mass is 10.1. The first-order valence-electron chi connectivity index (χ1n) is 6.20. The topological polar surface area (TPSA) is 66.0 Å². The number of anilines is 1. The predicted molar refractivity (Wildman–Crippen MR) is 70.7 cm³/mol. The molecule has 1 aromatic carbocycles. The van der Waals surface area contributed by atoms with Gasteiger partial charge in [-0.25, -0.2) is 4.68 Å². The van der Waals surface area contributed by atoms with Crippen molar-refractivity contribution in [1.29, 1.82) is 0 Å². The molecule has 7 heteroatoms. The summed E-state index contributed by atoms with van der Waals surface area (Å²) in [5.41, 5.74) is 7.14. The van der Waals surface area contributed by atoms with E-state index >= 15 is 0 Å². The number of para-hydroxylation sites is 1. The molecule has 0 aliphatic carbocycles. The van der Waals surface area contributed by atoms with Gasteiger partial charge in [-0.05, 0) is 12.0 Å². The minimum absolute atomic E-state index is 0.131. The van der Waals surface area contributed by atoms with E-state index in [4.69, 9.17) is 5.73 Å². The predicted octanol–water partition coefficient (Wildman–Crippen LogP) is 2.63. The standard InChI is InChI=1S/C13H16F2N4O/c1-8(2)11-12(16)17-18-19(11)7-9-5-3-4-6-10(9)20-13(14)15/h3-6,8,13H,7,16H2,1-2H3. The molecule has 0 bridgehead atoms. The molecule has 0 aliphatic rings. The number of nitrogens with two attached hydrogens (primary N) is 1. The molecule has 0 unspecified atom stereocenters. The number of aromatic nitrogens is 3. The fourth-order valence-corrected chi connectivity index (χ4v) is 2.05. The first-order chi connectivity index (χ1) is 9.49. The molecule has 0 spiro atoms. The minimum Gasteiger partial charge on any atom is -0.434 e. The maximum absolute atomic E-state index is 12.4. The van der Waals surface area contributed by atoms with Crippen LogP contribution in [-0.4, -0.2) is 21.6 Å². The summed E-state index contributed by atoms with van der Waals surface area (Å²) in [6.45, 7) is 1.35. The fourth-order valence-electron chi connectivity index (χ4n) is 2.05. The molecular weight excluding hydrogens is 266 g/mol. The van der Waals surface area contributed by atoms with Gasteiger partial charge in [0.15, 0.2) is 5.82 Å². The Balaban J connectivity index is 2.31. The third-order valence-corrected chi connectivity index (χ3v) is 2.86. The highest BCUT2D eigenvalue weighted by molar-refractivity contribution is 5.38. The van der Waals surface area contributed by atoms with Crippen LogP contribution in [0, 0.1) is 0 Å². The number of hydrogen-bond acceptors (Lipinski definition) is 4. The van der Waals surface area contributed by atoms with Crippen LogP contribution in [-0.2, 0) is 6.54 Å². The molecule has 0 atom stereocenters. The molecule has 1 aromatic heterocycles. The molecule has 0 saturated carbocycles. The normalized spacial score (nSPS) is 11.3. The summed E-state index contributed by atoms with van der Waals surface area (Å²) in [6, 6.07) is 6.60. The molecule has 0 radical (unpaired) electrons. The largest absolute Gasteiger partial charge is 0.434 e. The van der Waals surface area contributed by atoms with Crippen LogP contribution >= 0.6 is 0 Å². The second kappa shape index (κ2) is 5.85. The van der Waals surface area contributed by atoms with E-state index in [2.05, 4.69) is 15.0 Å². The summed E-state index contributed by atoms with van der Waals surface area (Å²) in [5, 5.41) is 7.78. The van der Waals surface area contributed by atoms with Crippen molar-refractivity contribution in [1.82, 2.24) is 15.0 Å². The van der Waals surface area contributed by atoms with E-state index in [1.165, 1.54) is 6.07 Å². The summed E-state index contributed by atoms with van der Waals surface area (Å²) < 4.78 is 30.9. The van der Waals surface area contributed by atoms with Crippen molar-refractivity contribution < 1.29 is 13.5 Å². The molecule has 2 rings (SSSR count). The van der Waals surface area contributed by atoms with Gasteiger partial charge in [-0.15, -0.1) is 5.10 Å². The van der Waals surface area contributed by atoms with Gasteiger partial charge in [-0.2, -0.15) is 8.78 Å². The highest BCUT2D eigenvalue weighted by Gasteiger charge is 2.16. The van der Waals surface area contributed by atoms with Crippen molar-refractivity contribution in [2.24, 2.45) is 0 Å². The third kappa shape index (κ3) is 3.04. The summed E-state index contributed by atoms with van der Waals surface area (Å²) in [6.07, 6.45) is 0. The van der Waals surface area contributed by atoms with E-state index in [0.29, 0.717) is 11.4 Å². The average molecular weight is 282 g/mol. The molecular formula is C13H16F2N4O. The number of nitrogens with zero attached hydrogens (tertiary/aromatic N) is 3. The Morgan fingerprint density at radius 3 is 2.65 bits per heavy atom. The van der Waals surface area contributed by atoms with E-state index < -0.39 is 6.61 Å². The zero-order chi connectivity index (χ0) is 14.7. The van der Waals surface area contributed by atoms with Crippen LogP contribution in [0.4, 0.5) is 14.6 Å². The van der Waals surface area contributed by atoms with Crippen molar-refractivity contribution in [3.63, 3.8) is 0 Å². The molecule has 5 nitrogen and oxygen atoms in total. The summed E-state index contributed by atoms with van der Waals surface area (Å²) in [5.74, 6) is 0.617. The van der Waals surface area contributed by atoms with E-state index in [1.54, 1.807) is 22.9 Å². The van der Waals surface area contributed by atoms with Crippen molar-refractivity contribution in [3.8, 4) is 5.75 Å². The van der Waals surface area contributed by atoms with E-state index in [-0.39, 0.29) is 18.2 Å². The lowest BCUT2D eigenvalue weighted by Gasteiger charge is -2.13. The van der Waals surface area contributed by atoms with E-state index in [9.17, 15) is 8.78 Å². The zero-order valence-electron chi connectivity index (χ0n) is 11.3. The lowest BCUT2D eigenvalue weighted by molar-refractivity contribution is -0.0505. The summed E-state index contributed by atoms with van der Waals surface area (Å²) in [4.78, 5) is 0. The molecule has 2 N–H and O–H groups in total. The molecule has 2 aromatic rings. The molecule has 0 saturated heterocycles. The highest BCUT2D eigenvalue weighted by Crippen LogP contribution is 2.24. The maximum Gasteiger partial charge on any atom is 0.387 e. The first-order valence-corrected chi connectivity index (χ1v) is 6.20. The van der Waals surface area contributed by atoms with Crippen LogP contribution in [0.15, 0.2) is 24.3 Å². The van der Waals surface area contributed by atoms with E-state index in [0.717, 1.165) is 5.69 Å². The van der Waals surface area contributed by atoms with Crippen molar-refractivity contribution >= 4 is 5.82 Å². The van der Waals surface area contributed by atoms with Gasteiger partial charge in [0, 0.05) is 5.56 Å². The van der Waals surface area contributed by atoms with Gasteiger partial charge in [0.1, 0.15) is 5.75 Å². The Kier molecular flexibility index (Phi) is 4.16. The highest BCUT2D eigenvalue weighted by atomic mass is 19.3. The van der Waals surface area contributed by atoms with Crippen molar-refractivity contribution in [3.05, 3.63) is 35.5 Å². The summed E-state index contributed by atoms with van der Waals surface area (Å²) >= 11 is 0. The summed E-state index contributed by atoms with van der Waals surface area (Å²) in [7, 11) is 0. The number of rotatable bonds is 5. The molecule has 108 valence electrons. The second-order valence-electron chi connectivity index (χ2n) is 4.66. The Morgan fingerprint density at radius 2 is 2.00 bits per heavy atom. The SMILES string of the molecule is CC(C)c1c(N)nnn1Cc1ccccc1OC(F)F. The molecule has 20 heavy (non-hydrogen) atoms. The monoisotopic (exact) mass is 282 g/mol. The Morgan fingerprint density at radius 1 is 1.30 bits per heavy atom. The van der Waals surface area contributed by atoms with Crippen LogP contribution in [0.2, 0.25) is 0 Å². The number of ether oxygens (including phenoxy) is 1. The van der Waals surface area contributed by atoms with Gasteiger partial charge in [-0.3, -0.25) is 0 Å². The van der Waals surface area contributed by atoms with Gasteiger partial charge in [0.25, 0.3) is 0 Å². The maximum atomic E-state index is 12.4. The van der Waals surface area contributed by atoms with Crippen molar-refractivity contribution in [2.45, 2.75) is 32.9 Å². The zero-order valence-corrected chi connectivity index (χ0v) is 11.3. The molecule has 0 aliphatic heterocycles. The Hall–Kier alpha value is -2.18. The van der Waals surface area contributed by atoms with Crippen molar-refractivity contribution in [2.75, 3.05) is 5.73 Å². The molecule has 0 fully saturated rings. The van der Waals surface area contributed by atoms with Crippen LogP contribution in [0.1, 0.15) is 31.0 Å². The fraction of sp³-hybridized carbons (Fsp3) is 0.385. The van der Waals surface area contributed by atoms with Crippen LogP contribution < -0.4 is 10.5 Å². The number of alkyl halides is 2.